The van der Waals surface area contributed by atoms with Crippen LogP contribution in [0.3, 0.4) is 0 Å². The summed E-state index contributed by atoms with van der Waals surface area (Å²) in [6, 6.07) is 14.7. The number of benzene rings is 2. The van der Waals surface area contributed by atoms with Gasteiger partial charge in [-0.3, -0.25) is 0 Å². The number of hydrogen-bond acceptors (Lipinski definition) is 1. The Kier molecular flexibility index (Phi) is 3.13. The summed E-state index contributed by atoms with van der Waals surface area (Å²) in [5.74, 6) is 1.03. The van der Waals surface area contributed by atoms with Gasteiger partial charge in [0.1, 0.15) is 11.9 Å². The van der Waals surface area contributed by atoms with Gasteiger partial charge in [-0.1, -0.05) is 40.2 Å². The summed E-state index contributed by atoms with van der Waals surface area (Å²) >= 11 is 3.51. The van der Waals surface area contributed by atoms with Crippen LogP contribution in [0.15, 0.2) is 46.9 Å². The summed E-state index contributed by atoms with van der Waals surface area (Å²) < 4.78 is 7.26. The van der Waals surface area contributed by atoms with E-state index in [4.69, 9.17) is 4.74 Å². The highest BCUT2D eigenvalue weighted by atomic mass is 79.9. The number of aryl methyl sites for hydroxylation is 2. The summed E-state index contributed by atoms with van der Waals surface area (Å²) in [6.45, 7) is 2.15. The van der Waals surface area contributed by atoms with Crippen molar-refractivity contribution in [3.8, 4) is 5.75 Å². The molecule has 0 fully saturated rings. The van der Waals surface area contributed by atoms with Gasteiger partial charge in [-0.15, -0.1) is 0 Å². The Morgan fingerprint density at radius 3 is 2.83 bits per heavy atom. The zero-order valence-corrected chi connectivity index (χ0v) is 11.9. The molecule has 0 aromatic heterocycles. The van der Waals surface area contributed by atoms with Crippen molar-refractivity contribution < 1.29 is 4.74 Å². The first-order valence-electron chi connectivity index (χ1n) is 6.24. The number of ether oxygens (including phenoxy) is 1. The third-order valence-electron chi connectivity index (χ3n) is 3.50. The van der Waals surface area contributed by atoms with Gasteiger partial charge in [-0.25, -0.2) is 0 Å². The fraction of sp³-hybridized carbons (Fsp3) is 0.250. The molecule has 0 amide bonds. The topological polar surface area (TPSA) is 9.23 Å². The Bertz CT molecular complexity index is 577. The molecule has 0 aliphatic carbocycles. The van der Waals surface area contributed by atoms with Gasteiger partial charge in [0.25, 0.3) is 0 Å². The van der Waals surface area contributed by atoms with E-state index in [9.17, 15) is 0 Å². The third kappa shape index (κ3) is 2.17. The lowest BCUT2D eigenvalue weighted by Crippen LogP contribution is -2.16. The Labute approximate surface area is 116 Å². The lowest BCUT2D eigenvalue weighted by Gasteiger charge is -2.27. The standard InChI is InChI=1S/C16H15BrO/c1-11-4-2-3-5-14(11)16-8-6-12-10-13(17)7-9-15(12)18-16/h2-5,7,9-10,16H,6,8H2,1H3/t16-/m0/s1. The molecule has 18 heavy (non-hydrogen) atoms. The molecule has 0 spiro atoms. The smallest absolute Gasteiger partial charge is 0.124 e. The molecule has 0 saturated carbocycles. The maximum atomic E-state index is 6.13. The fourth-order valence-corrected chi connectivity index (χ4v) is 2.93. The third-order valence-corrected chi connectivity index (χ3v) is 4.00. The van der Waals surface area contributed by atoms with Crippen LogP contribution in [0.4, 0.5) is 0 Å². The largest absolute Gasteiger partial charge is 0.485 e. The Hall–Kier alpha value is -1.28. The zero-order chi connectivity index (χ0) is 12.5. The molecule has 1 aliphatic heterocycles. The second-order valence-corrected chi connectivity index (χ2v) is 5.67. The van der Waals surface area contributed by atoms with E-state index in [1.54, 1.807) is 0 Å². The quantitative estimate of drug-likeness (QED) is 0.733. The van der Waals surface area contributed by atoms with Crippen LogP contribution in [0.1, 0.15) is 29.2 Å². The minimum atomic E-state index is 0.194. The maximum absolute atomic E-state index is 6.13. The van der Waals surface area contributed by atoms with Crippen LogP contribution in [-0.4, -0.2) is 0 Å². The van der Waals surface area contributed by atoms with Crippen molar-refractivity contribution in [2.75, 3.05) is 0 Å². The summed E-state index contributed by atoms with van der Waals surface area (Å²) in [6.07, 6.45) is 2.32. The van der Waals surface area contributed by atoms with Crippen molar-refractivity contribution in [2.45, 2.75) is 25.9 Å². The zero-order valence-electron chi connectivity index (χ0n) is 10.3. The van der Waals surface area contributed by atoms with Crippen molar-refractivity contribution in [1.82, 2.24) is 0 Å². The second kappa shape index (κ2) is 4.77. The van der Waals surface area contributed by atoms with E-state index in [0.29, 0.717) is 0 Å². The lowest BCUT2D eigenvalue weighted by atomic mass is 9.95. The molecular weight excluding hydrogens is 288 g/mol. The van der Waals surface area contributed by atoms with E-state index in [2.05, 4.69) is 59.3 Å². The van der Waals surface area contributed by atoms with Crippen LogP contribution in [-0.2, 0) is 6.42 Å². The number of rotatable bonds is 1. The molecule has 0 N–H and O–H groups in total. The predicted octanol–water partition coefficient (Wildman–Crippen LogP) is 4.82. The molecule has 2 aromatic carbocycles. The molecule has 0 unspecified atom stereocenters. The van der Waals surface area contributed by atoms with Gasteiger partial charge in [-0.2, -0.15) is 0 Å². The van der Waals surface area contributed by atoms with Crippen molar-refractivity contribution in [2.24, 2.45) is 0 Å². The molecule has 0 radical (unpaired) electrons. The van der Waals surface area contributed by atoms with Crippen molar-refractivity contribution >= 4 is 15.9 Å². The highest BCUT2D eigenvalue weighted by molar-refractivity contribution is 9.10. The maximum Gasteiger partial charge on any atom is 0.124 e. The molecule has 1 heterocycles. The van der Waals surface area contributed by atoms with Crippen LogP contribution >= 0.6 is 15.9 Å². The van der Waals surface area contributed by atoms with Gasteiger partial charge in [0.15, 0.2) is 0 Å². The van der Waals surface area contributed by atoms with Crippen LogP contribution in [0.2, 0.25) is 0 Å². The van der Waals surface area contributed by atoms with Crippen LogP contribution in [0, 0.1) is 6.92 Å². The average Bonchev–Trinajstić information content (AvgIpc) is 2.39. The summed E-state index contributed by atoms with van der Waals surface area (Å²) in [5, 5.41) is 0. The molecule has 1 atom stereocenters. The molecule has 1 nitrogen and oxygen atoms in total. The SMILES string of the molecule is Cc1ccccc1[C@@H]1CCc2cc(Br)ccc2O1. The minimum absolute atomic E-state index is 0.194. The monoisotopic (exact) mass is 302 g/mol. The highest BCUT2D eigenvalue weighted by Crippen LogP contribution is 2.36. The van der Waals surface area contributed by atoms with Crippen molar-refractivity contribution in [1.29, 1.82) is 0 Å². The molecule has 2 aromatic rings. The van der Waals surface area contributed by atoms with Gasteiger partial charge in [0, 0.05) is 4.47 Å². The van der Waals surface area contributed by atoms with E-state index in [1.165, 1.54) is 16.7 Å². The Morgan fingerprint density at radius 1 is 1.17 bits per heavy atom. The van der Waals surface area contributed by atoms with Crippen LogP contribution in [0.25, 0.3) is 0 Å². The summed E-state index contributed by atoms with van der Waals surface area (Å²) in [4.78, 5) is 0. The summed E-state index contributed by atoms with van der Waals surface area (Å²) in [5.41, 5.74) is 3.92. The van der Waals surface area contributed by atoms with E-state index in [0.717, 1.165) is 23.1 Å². The Balaban J connectivity index is 1.92. The first kappa shape index (κ1) is 11.8. The van der Waals surface area contributed by atoms with Gasteiger partial charge in [-0.05, 0) is 54.7 Å². The molecular formula is C16H15BrO. The van der Waals surface area contributed by atoms with Crippen molar-refractivity contribution in [3.63, 3.8) is 0 Å². The van der Waals surface area contributed by atoms with E-state index >= 15 is 0 Å². The van der Waals surface area contributed by atoms with E-state index in [-0.39, 0.29) is 6.10 Å². The number of fused-ring (bicyclic) bond motifs is 1. The van der Waals surface area contributed by atoms with E-state index in [1.807, 2.05) is 6.07 Å². The highest BCUT2D eigenvalue weighted by Gasteiger charge is 2.22. The van der Waals surface area contributed by atoms with Crippen LogP contribution < -0.4 is 4.74 Å². The van der Waals surface area contributed by atoms with Gasteiger partial charge >= 0.3 is 0 Å². The second-order valence-electron chi connectivity index (χ2n) is 4.75. The molecule has 3 rings (SSSR count). The number of halogens is 1. The van der Waals surface area contributed by atoms with Gasteiger partial charge < -0.3 is 4.74 Å². The van der Waals surface area contributed by atoms with Crippen LogP contribution in [0.5, 0.6) is 5.75 Å². The van der Waals surface area contributed by atoms with Gasteiger partial charge in [0.05, 0.1) is 0 Å². The molecule has 1 aliphatic rings. The molecule has 0 bridgehead atoms. The first-order valence-corrected chi connectivity index (χ1v) is 7.04. The molecule has 0 saturated heterocycles. The fourth-order valence-electron chi connectivity index (χ4n) is 2.52. The Morgan fingerprint density at radius 2 is 2.00 bits per heavy atom. The normalized spacial score (nSPS) is 18.0. The number of hydrogen-bond donors (Lipinski definition) is 0. The minimum Gasteiger partial charge on any atom is -0.485 e. The predicted molar refractivity (Wildman–Crippen MR) is 77.0 cm³/mol. The first-order chi connectivity index (χ1) is 8.74. The van der Waals surface area contributed by atoms with Gasteiger partial charge in [0.2, 0.25) is 0 Å². The molecule has 92 valence electrons. The average molecular weight is 303 g/mol. The summed E-state index contributed by atoms with van der Waals surface area (Å²) in [7, 11) is 0. The molecule has 2 heteroatoms. The van der Waals surface area contributed by atoms with Crippen molar-refractivity contribution in [3.05, 3.63) is 63.6 Å². The van der Waals surface area contributed by atoms with E-state index < -0.39 is 0 Å². The lowest BCUT2D eigenvalue weighted by molar-refractivity contribution is 0.176.